The second-order valence-corrected chi connectivity index (χ2v) is 7.02. The molecule has 0 N–H and O–H groups in total. The summed E-state index contributed by atoms with van der Waals surface area (Å²) in [6, 6.07) is 14.3. The lowest BCUT2D eigenvalue weighted by Crippen LogP contribution is -2.41. The van der Waals surface area contributed by atoms with Gasteiger partial charge in [0.25, 0.3) is 0 Å². The Bertz CT molecular complexity index is 679. The summed E-state index contributed by atoms with van der Waals surface area (Å²) in [6.07, 6.45) is 1.28. The Hall–Kier alpha value is -1.68. The average Bonchev–Trinajstić information content (AvgIpc) is 2.51. The standard InChI is InChI=1S/C19H21ClNO2/c1-19(2,3)21(23)18(15-9-6-10-17(20)11-15)12-14-7-4-5-8-16(14)13-22/h4-11,13,18H,12H2,1-3H3. The van der Waals surface area contributed by atoms with Crippen molar-refractivity contribution < 1.29 is 10.0 Å². The molecular formula is C19H21ClNO2. The summed E-state index contributed by atoms with van der Waals surface area (Å²) in [6.45, 7) is 5.63. The fraction of sp³-hybridized carbons (Fsp3) is 0.316. The summed E-state index contributed by atoms with van der Waals surface area (Å²) in [4.78, 5) is 11.3. The monoisotopic (exact) mass is 330 g/mol. The Balaban J connectivity index is 2.43. The van der Waals surface area contributed by atoms with Gasteiger partial charge in [-0.15, -0.1) is 10.3 Å². The topological polar surface area (TPSA) is 40.2 Å². The van der Waals surface area contributed by atoms with Crippen LogP contribution >= 0.6 is 11.6 Å². The summed E-state index contributed by atoms with van der Waals surface area (Å²) < 4.78 is 0. The number of carbonyl (C=O) groups excluding carboxylic acids is 1. The molecule has 0 heterocycles. The van der Waals surface area contributed by atoms with E-state index in [9.17, 15) is 10.0 Å². The molecule has 1 radical (unpaired) electrons. The molecule has 1 atom stereocenters. The first-order valence-corrected chi connectivity index (χ1v) is 7.95. The van der Waals surface area contributed by atoms with Crippen LogP contribution in [0.5, 0.6) is 0 Å². The zero-order valence-corrected chi connectivity index (χ0v) is 14.4. The zero-order chi connectivity index (χ0) is 17.0. The van der Waals surface area contributed by atoms with Gasteiger partial charge in [-0.2, -0.15) is 0 Å². The van der Waals surface area contributed by atoms with E-state index in [4.69, 9.17) is 11.6 Å². The van der Waals surface area contributed by atoms with Gasteiger partial charge in [-0.1, -0.05) is 48.0 Å². The van der Waals surface area contributed by atoms with E-state index in [0.29, 0.717) is 17.0 Å². The lowest BCUT2D eigenvalue weighted by atomic mass is 9.93. The molecule has 0 bridgehead atoms. The van der Waals surface area contributed by atoms with Crippen LogP contribution in [0.3, 0.4) is 0 Å². The van der Waals surface area contributed by atoms with E-state index in [1.807, 2.05) is 57.2 Å². The van der Waals surface area contributed by atoms with Gasteiger partial charge in [0, 0.05) is 16.1 Å². The molecule has 0 aromatic heterocycles. The fourth-order valence-electron chi connectivity index (χ4n) is 2.56. The van der Waals surface area contributed by atoms with Crippen molar-refractivity contribution in [2.24, 2.45) is 0 Å². The van der Waals surface area contributed by atoms with Gasteiger partial charge in [0.05, 0.1) is 6.04 Å². The van der Waals surface area contributed by atoms with Crippen LogP contribution in [-0.4, -0.2) is 16.9 Å². The Morgan fingerprint density at radius 3 is 2.43 bits per heavy atom. The molecule has 0 aliphatic heterocycles. The van der Waals surface area contributed by atoms with E-state index < -0.39 is 11.6 Å². The zero-order valence-electron chi connectivity index (χ0n) is 13.6. The summed E-state index contributed by atoms with van der Waals surface area (Å²) in [5.41, 5.74) is 1.77. The maximum atomic E-state index is 12.9. The smallest absolute Gasteiger partial charge is 0.150 e. The van der Waals surface area contributed by atoms with Crippen molar-refractivity contribution in [3.05, 3.63) is 70.2 Å². The van der Waals surface area contributed by atoms with Crippen LogP contribution in [0.15, 0.2) is 48.5 Å². The highest BCUT2D eigenvalue weighted by atomic mass is 35.5. The predicted octanol–water partition coefficient (Wildman–Crippen LogP) is 4.88. The number of hydroxylamine groups is 2. The van der Waals surface area contributed by atoms with Crippen LogP contribution in [0.1, 0.15) is 48.3 Å². The van der Waals surface area contributed by atoms with E-state index in [-0.39, 0.29) is 0 Å². The lowest BCUT2D eigenvalue weighted by Gasteiger charge is -2.35. The van der Waals surface area contributed by atoms with Crippen molar-refractivity contribution in [2.45, 2.75) is 38.8 Å². The Morgan fingerprint density at radius 2 is 1.83 bits per heavy atom. The number of hydrogen-bond donors (Lipinski definition) is 0. The molecule has 121 valence electrons. The lowest BCUT2D eigenvalue weighted by molar-refractivity contribution is -0.241. The van der Waals surface area contributed by atoms with Gasteiger partial charge in [-0.25, -0.2) is 0 Å². The highest BCUT2D eigenvalue weighted by Gasteiger charge is 2.31. The van der Waals surface area contributed by atoms with Crippen LogP contribution in [0.25, 0.3) is 0 Å². The summed E-state index contributed by atoms with van der Waals surface area (Å²) in [7, 11) is 0. The average molecular weight is 331 g/mol. The number of hydrogen-bond acceptors (Lipinski definition) is 2. The number of rotatable bonds is 5. The van der Waals surface area contributed by atoms with Gasteiger partial charge < -0.3 is 0 Å². The second kappa shape index (κ2) is 7.26. The quantitative estimate of drug-likeness (QED) is 0.579. The molecule has 0 amide bonds. The van der Waals surface area contributed by atoms with Gasteiger partial charge in [0.15, 0.2) is 0 Å². The maximum absolute atomic E-state index is 12.9. The molecule has 0 saturated heterocycles. The molecule has 3 nitrogen and oxygen atoms in total. The van der Waals surface area contributed by atoms with Gasteiger partial charge in [-0.05, 0) is 50.5 Å². The Kier molecular flexibility index (Phi) is 5.58. The summed E-state index contributed by atoms with van der Waals surface area (Å²) >= 11 is 6.09. The number of nitrogens with zero attached hydrogens (tertiary/aromatic N) is 1. The van der Waals surface area contributed by atoms with Gasteiger partial charge in [-0.3, -0.25) is 4.79 Å². The number of halogens is 1. The van der Waals surface area contributed by atoms with Crippen molar-refractivity contribution in [1.82, 2.24) is 5.06 Å². The highest BCUT2D eigenvalue weighted by molar-refractivity contribution is 6.30. The van der Waals surface area contributed by atoms with Crippen LogP contribution in [0.2, 0.25) is 5.02 Å². The first kappa shape index (κ1) is 17.7. The molecule has 0 aliphatic carbocycles. The van der Waals surface area contributed by atoms with E-state index in [2.05, 4.69) is 0 Å². The molecule has 2 aromatic carbocycles. The van der Waals surface area contributed by atoms with Gasteiger partial charge in [0.1, 0.15) is 6.29 Å². The number of carbonyl (C=O) groups is 1. The van der Waals surface area contributed by atoms with Crippen LogP contribution in [-0.2, 0) is 11.6 Å². The number of benzene rings is 2. The molecule has 0 fully saturated rings. The molecule has 0 spiro atoms. The SMILES string of the molecule is CC(C)(C)N([O])C(Cc1ccccc1C=O)c1cccc(Cl)c1. The second-order valence-electron chi connectivity index (χ2n) is 6.59. The van der Waals surface area contributed by atoms with Gasteiger partial charge >= 0.3 is 0 Å². The van der Waals surface area contributed by atoms with Crippen LogP contribution in [0, 0.1) is 0 Å². The summed E-state index contributed by atoms with van der Waals surface area (Å²) in [5, 5.41) is 14.5. The van der Waals surface area contributed by atoms with Crippen molar-refractivity contribution in [3.8, 4) is 0 Å². The Morgan fingerprint density at radius 1 is 1.13 bits per heavy atom. The molecule has 23 heavy (non-hydrogen) atoms. The minimum absolute atomic E-state index is 0.408. The third kappa shape index (κ3) is 4.41. The van der Waals surface area contributed by atoms with Crippen molar-refractivity contribution in [2.75, 3.05) is 0 Å². The minimum atomic E-state index is -0.552. The molecule has 2 aromatic rings. The van der Waals surface area contributed by atoms with Crippen molar-refractivity contribution in [1.29, 1.82) is 0 Å². The minimum Gasteiger partial charge on any atom is -0.298 e. The first-order valence-electron chi connectivity index (χ1n) is 7.58. The molecule has 0 aliphatic rings. The third-order valence-corrected chi connectivity index (χ3v) is 4.01. The van der Waals surface area contributed by atoms with Crippen molar-refractivity contribution in [3.63, 3.8) is 0 Å². The molecule has 0 saturated carbocycles. The van der Waals surface area contributed by atoms with E-state index in [1.165, 1.54) is 0 Å². The van der Waals surface area contributed by atoms with Crippen LogP contribution < -0.4 is 0 Å². The first-order chi connectivity index (χ1) is 10.8. The van der Waals surface area contributed by atoms with Crippen LogP contribution in [0.4, 0.5) is 0 Å². The Labute approximate surface area is 142 Å². The molecule has 2 rings (SSSR count). The normalized spacial score (nSPS) is 13.1. The number of aldehydes is 1. The molecule has 1 unspecified atom stereocenters. The highest BCUT2D eigenvalue weighted by Crippen LogP contribution is 2.31. The van der Waals surface area contributed by atoms with E-state index >= 15 is 0 Å². The third-order valence-electron chi connectivity index (χ3n) is 3.77. The van der Waals surface area contributed by atoms with Gasteiger partial charge in [0.2, 0.25) is 0 Å². The van der Waals surface area contributed by atoms with E-state index in [0.717, 1.165) is 22.5 Å². The largest absolute Gasteiger partial charge is 0.298 e. The van der Waals surface area contributed by atoms with Crippen molar-refractivity contribution >= 4 is 17.9 Å². The summed E-state index contributed by atoms with van der Waals surface area (Å²) in [5.74, 6) is 0. The maximum Gasteiger partial charge on any atom is 0.150 e. The molecular weight excluding hydrogens is 310 g/mol. The molecule has 4 heteroatoms. The van der Waals surface area contributed by atoms with E-state index in [1.54, 1.807) is 12.1 Å². The predicted molar refractivity (Wildman–Crippen MR) is 92.0 cm³/mol. The fourth-order valence-corrected chi connectivity index (χ4v) is 2.76.